The number of aryl methyl sites for hydroxylation is 1. The van der Waals surface area contributed by atoms with E-state index in [1.807, 2.05) is 39.8 Å². The number of nitrogens with one attached hydrogen (secondary N) is 1. The SMILES string of the molecule is C[C@H](NC(=O)CCc1ccco1)[C@@H]1CCCN(C(=O)OC(C)(C)C)C1. The standard InChI is InChI=1S/C19H30N2O4/c1-14(20-17(22)10-9-16-8-6-12-24-16)15-7-5-11-21(13-15)18(23)25-19(2,3)4/h6,8,12,14-15H,5,7,9-11,13H2,1-4H3,(H,20,22)/t14-,15+/m0/s1. The molecule has 140 valence electrons. The summed E-state index contributed by atoms with van der Waals surface area (Å²) >= 11 is 0. The highest BCUT2D eigenvalue weighted by Crippen LogP contribution is 2.22. The molecule has 0 unspecified atom stereocenters. The Hall–Kier alpha value is -1.98. The Morgan fingerprint density at radius 2 is 2.20 bits per heavy atom. The normalized spacial score (nSPS) is 19.4. The molecule has 1 aliphatic heterocycles. The van der Waals surface area contributed by atoms with Crippen LogP contribution in [0.4, 0.5) is 4.79 Å². The van der Waals surface area contributed by atoms with Gasteiger partial charge in [0.15, 0.2) is 0 Å². The van der Waals surface area contributed by atoms with E-state index in [-0.39, 0.29) is 24.0 Å². The Morgan fingerprint density at radius 1 is 1.44 bits per heavy atom. The zero-order valence-electron chi connectivity index (χ0n) is 15.7. The lowest BCUT2D eigenvalue weighted by Crippen LogP contribution is -2.49. The first-order valence-electron chi connectivity index (χ1n) is 9.04. The topological polar surface area (TPSA) is 71.8 Å². The lowest BCUT2D eigenvalue weighted by Gasteiger charge is -2.36. The summed E-state index contributed by atoms with van der Waals surface area (Å²) in [4.78, 5) is 26.1. The predicted octanol–water partition coefficient (Wildman–Crippen LogP) is 3.36. The maximum absolute atomic E-state index is 12.2. The summed E-state index contributed by atoms with van der Waals surface area (Å²) in [5, 5.41) is 3.06. The number of hydrogen-bond donors (Lipinski definition) is 1. The summed E-state index contributed by atoms with van der Waals surface area (Å²) in [7, 11) is 0. The van der Waals surface area contributed by atoms with Crippen molar-refractivity contribution < 1.29 is 18.7 Å². The third kappa shape index (κ3) is 6.44. The zero-order valence-corrected chi connectivity index (χ0v) is 15.7. The van der Waals surface area contributed by atoms with E-state index < -0.39 is 5.60 Å². The molecule has 0 radical (unpaired) electrons. The molecule has 2 rings (SSSR count). The number of rotatable bonds is 5. The quantitative estimate of drug-likeness (QED) is 0.884. The van der Waals surface area contributed by atoms with Gasteiger partial charge in [-0.25, -0.2) is 4.79 Å². The van der Waals surface area contributed by atoms with Gasteiger partial charge in [0.05, 0.1) is 6.26 Å². The predicted molar refractivity (Wildman–Crippen MR) is 95.2 cm³/mol. The van der Waals surface area contributed by atoms with Crippen molar-refractivity contribution in [1.82, 2.24) is 10.2 Å². The van der Waals surface area contributed by atoms with Crippen LogP contribution in [0.1, 0.15) is 52.7 Å². The van der Waals surface area contributed by atoms with E-state index >= 15 is 0 Å². The molecule has 2 amide bonds. The fourth-order valence-electron chi connectivity index (χ4n) is 3.05. The van der Waals surface area contributed by atoms with Crippen molar-refractivity contribution in [2.24, 2.45) is 5.92 Å². The van der Waals surface area contributed by atoms with Crippen LogP contribution in [0.5, 0.6) is 0 Å². The van der Waals surface area contributed by atoms with Crippen LogP contribution in [-0.2, 0) is 16.0 Å². The monoisotopic (exact) mass is 350 g/mol. The van der Waals surface area contributed by atoms with E-state index in [0.29, 0.717) is 25.9 Å². The van der Waals surface area contributed by atoms with E-state index in [2.05, 4.69) is 5.32 Å². The van der Waals surface area contributed by atoms with Gasteiger partial charge in [0.1, 0.15) is 11.4 Å². The molecule has 1 fully saturated rings. The van der Waals surface area contributed by atoms with E-state index in [1.165, 1.54) is 0 Å². The summed E-state index contributed by atoms with van der Waals surface area (Å²) in [6, 6.07) is 3.72. The Balaban J connectivity index is 1.79. The minimum absolute atomic E-state index is 0.0123. The lowest BCUT2D eigenvalue weighted by molar-refractivity contribution is -0.122. The van der Waals surface area contributed by atoms with Crippen LogP contribution in [0, 0.1) is 5.92 Å². The second kappa shape index (κ2) is 8.41. The van der Waals surface area contributed by atoms with Crippen LogP contribution >= 0.6 is 0 Å². The van der Waals surface area contributed by atoms with E-state index in [9.17, 15) is 9.59 Å². The molecule has 6 nitrogen and oxygen atoms in total. The number of hydrogen-bond acceptors (Lipinski definition) is 4. The average molecular weight is 350 g/mol. The number of ether oxygens (including phenoxy) is 1. The molecule has 2 heterocycles. The van der Waals surface area contributed by atoms with Gasteiger partial charge >= 0.3 is 6.09 Å². The summed E-state index contributed by atoms with van der Waals surface area (Å²) in [6.45, 7) is 8.95. The van der Waals surface area contributed by atoms with Crippen molar-refractivity contribution in [3.8, 4) is 0 Å². The van der Waals surface area contributed by atoms with Crippen molar-refractivity contribution in [3.63, 3.8) is 0 Å². The third-order valence-corrected chi connectivity index (χ3v) is 4.38. The Kier molecular flexibility index (Phi) is 6.51. The van der Waals surface area contributed by atoms with Crippen LogP contribution in [0.25, 0.3) is 0 Å². The highest BCUT2D eigenvalue weighted by Gasteiger charge is 2.30. The minimum atomic E-state index is -0.490. The minimum Gasteiger partial charge on any atom is -0.469 e. The first-order chi connectivity index (χ1) is 11.7. The second-order valence-corrected chi connectivity index (χ2v) is 7.76. The first-order valence-corrected chi connectivity index (χ1v) is 9.04. The maximum atomic E-state index is 12.2. The third-order valence-electron chi connectivity index (χ3n) is 4.38. The van der Waals surface area contributed by atoms with Gasteiger partial charge in [-0.1, -0.05) is 0 Å². The van der Waals surface area contributed by atoms with Crippen molar-refractivity contribution in [1.29, 1.82) is 0 Å². The van der Waals surface area contributed by atoms with Crippen LogP contribution in [-0.4, -0.2) is 41.6 Å². The van der Waals surface area contributed by atoms with E-state index in [1.54, 1.807) is 11.2 Å². The number of piperidine rings is 1. The molecule has 0 aromatic carbocycles. The number of nitrogens with zero attached hydrogens (tertiary/aromatic N) is 1. The van der Waals surface area contributed by atoms with Crippen LogP contribution < -0.4 is 5.32 Å². The van der Waals surface area contributed by atoms with Crippen molar-refractivity contribution in [3.05, 3.63) is 24.2 Å². The number of likely N-dealkylation sites (tertiary alicyclic amines) is 1. The first kappa shape index (κ1) is 19.3. The fourth-order valence-corrected chi connectivity index (χ4v) is 3.05. The molecule has 1 N–H and O–H groups in total. The van der Waals surface area contributed by atoms with Crippen molar-refractivity contribution in [2.45, 2.75) is 65.0 Å². The van der Waals surface area contributed by atoms with Crippen molar-refractivity contribution in [2.75, 3.05) is 13.1 Å². The molecular formula is C19H30N2O4. The summed E-state index contributed by atoms with van der Waals surface area (Å²) in [5.41, 5.74) is -0.490. The highest BCUT2D eigenvalue weighted by molar-refractivity contribution is 5.76. The number of amides is 2. The summed E-state index contributed by atoms with van der Waals surface area (Å²) in [6.07, 6.45) is 4.27. The van der Waals surface area contributed by atoms with Gasteiger partial charge in [0.2, 0.25) is 5.91 Å². The second-order valence-electron chi connectivity index (χ2n) is 7.76. The largest absolute Gasteiger partial charge is 0.469 e. The molecule has 1 aromatic rings. The zero-order chi connectivity index (χ0) is 18.4. The molecule has 1 aliphatic rings. The summed E-state index contributed by atoms with van der Waals surface area (Å²) < 4.78 is 10.7. The highest BCUT2D eigenvalue weighted by atomic mass is 16.6. The smallest absolute Gasteiger partial charge is 0.410 e. The van der Waals surface area contributed by atoms with Gasteiger partial charge < -0.3 is 19.4 Å². The molecule has 6 heteroatoms. The molecule has 1 saturated heterocycles. The molecule has 25 heavy (non-hydrogen) atoms. The summed E-state index contributed by atoms with van der Waals surface area (Å²) in [5.74, 6) is 1.07. The molecule has 0 spiro atoms. The Labute approximate surface area is 149 Å². The van der Waals surface area contributed by atoms with E-state index in [4.69, 9.17) is 9.15 Å². The fraction of sp³-hybridized carbons (Fsp3) is 0.684. The molecule has 0 aliphatic carbocycles. The molecule has 1 aromatic heterocycles. The molecule has 0 bridgehead atoms. The number of furan rings is 1. The molecular weight excluding hydrogens is 320 g/mol. The van der Waals surface area contributed by atoms with Gasteiger partial charge in [-0.15, -0.1) is 0 Å². The van der Waals surface area contributed by atoms with Crippen molar-refractivity contribution >= 4 is 12.0 Å². The number of carbonyl (C=O) groups is 2. The van der Waals surface area contributed by atoms with Crippen LogP contribution in [0.3, 0.4) is 0 Å². The van der Waals surface area contributed by atoms with Gasteiger partial charge in [-0.2, -0.15) is 0 Å². The van der Waals surface area contributed by atoms with E-state index in [0.717, 1.165) is 18.6 Å². The molecule has 2 atom stereocenters. The lowest BCUT2D eigenvalue weighted by atomic mass is 9.91. The maximum Gasteiger partial charge on any atom is 0.410 e. The Morgan fingerprint density at radius 3 is 2.84 bits per heavy atom. The van der Waals surface area contributed by atoms with Gasteiger partial charge in [-0.3, -0.25) is 4.79 Å². The van der Waals surface area contributed by atoms with Gasteiger partial charge in [0, 0.05) is 32.0 Å². The van der Waals surface area contributed by atoms with Crippen LogP contribution in [0.2, 0.25) is 0 Å². The van der Waals surface area contributed by atoms with Gasteiger partial charge in [-0.05, 0) is 58.6 Å². The van der Waals surface area contributed by atoms with Gasteiger partial charge in [0.25, 0.3) is 0 Å². The average Bonchev–Trinajstić information content (AvgIpc) is 3.05. The molecule has 0 saturated carbocycles. The number of carbonyl (C=O) groups excluding carboxylic acids is 2. The van der Waals surface area contributed by atoms with Crippen LogP contribution in [0.15, 0.2) is 22.8 Å². The Bertz CT molecular complexity index is 562.